The Labute approximate surface area is 123 Å². The van der Waals surface area contributed by atoms with E-state index < -0.39 is 5.91 Å². The summed E-state index contributed by atoms with van der Waals surface area (Å²) in [6.07, 6.45) is 3.22. The molecule has 21 heavy (non-hydrogen) atoms. The van der Waals surface area contributed by atoms with E-state index in [1.807, 2.05) is 0 Å². The summed E-state index contributed by atoms with van der Waals surface area (Å²) in [4.78, 5) is 34.0. The van der Waals surface area contributed by atoms with Gasteiger partial charge in [0.2, 0.25) is 5.91 Å². The van der Waals surface area contributed by atoms with Crippen LogP contribution < -0.4 is 11.5 Å². The number of amides is 2. The molecule has 0 unspecified atom stereocenters. The molecular formula is C14H21N5O2. The van der Waals surface area contributed by atoms with Gasteiger partial charge in [-0.3, -0.25) is 9.59 Å². The molecule has 2 rings (SSSR count). The molecule has 114 valence electrons. The third-order valence-electron chi connectivity index (χ3n) is 3.89. The van der Waals surface area contributed by atoms with Gasteiger partial charge in [0.05, 0.1) is 11.3 Å². The largest absolute Gasteiger partial charge is 0.370 e. The third kappa shape index (κ3) is 3.18. The Morgan fingerprint density at radius 3 is 2.57 bits per heavy atom. The van der Waals surface area contributed by atoms with Crippen LogP contribution in [0.1, 0.15) is 41.1 Å². The van der Waals surface area contributed by atoms with Gasteiger partial charge in [-0.2, -0.15) is 0 Å². The summed E-state index contributed by atoms with van der Waals surface area (Å²) >= 11 is 0. The number of hydrogen-bond acceptors (Lipinski definition) is 5. The molecule has 1 aliphatic heterocycles. The van der Waals surface area contributed by atoms with E-state index in [-0.39, 0.29) is 24.4 Å². The number of carbonyl (C=O) groups excluding carboxylic acids is 2. The molecule has 0 aromatic carbocycles. The van der Waals surface area contributed by atoms with Crippen molar-refractivity contribution in [1.29, 1.82) is 0 Å². The maximum absolute atomic E-state index is 12.8. The molecule has 4 N–H and O–H groups in total. The molecule has 0 bridgehead atoms. The van der Waals surface area contributed by atoms with Gasteiger partial charge in [-0.15, -0.1) is 0 Å². The van der Waals surface area contributed by atoms with E-state index in [2.05, 4.69) is 9.97 Å². The average Bonchev–Trinajstić information content (AvgIpc) is 2.80. The van der Waals surface area contributed by atoms with Crippen LogP contribution in [0.15, 0.2) is 6.20 Å². The Kier molecular flexibility index (Phi) is 4.52. The van der Waals surface area contributed by atoms with Gasteiger partial charge in [-0.25, -0.2) is 9.97 Å². The van der Waals surface area contributed by atoms with Gasteiger partial charge >= 0.3 is 0 Å². The Balaban J connectivity index is 2.30. The van der Waals surface area contributed by atoms with Gasteiger partial charge in [0.1, 0.15) is 5.82 Å². The van der Waals surface area contributed by atoms with Gasteiger partial charge in [0.25, 0.3) is 5.91 Å². The van der Waals surface area contributed by atoms with Crippen LogP contribution in [-0.2, 0) is 4.79 Å². The number of aryl methyl sites for hydroxylation is 2. The minimum absolute atomic E-state index is 0.0671. The number of primary amides is 1. The molecule has 2 heterocycles. The van der Waals surface area contributed by atoms with Crippen LogP contribution >= 0.6 is 0 Å². The number of aromatic nitrogens is 2. The van der Waals surface area contributed by atoms with Crippen LogP contribution in [0.25, 0.3) is 0 Å². The van der Waals surface area contributed by atoms with Crippen LogP contribution in [0.2, 0.25) is 0 Å². The fourth-order valence-electron chi connectivity index (χ4n) is 2.89. The molecule has 0 spiro atoms. The van der Waals surface area contributed by atoms with E-state index in [4.69, 9.17) is 11.5 Å². The third-order valence-corrected chi connectivity index (χ3v) is 3.89. The summed E-state index contributed by atoms with van der Waals surface area (Å²) in [5.74, 6) is 0.0357. The van der Waals surface area contributed by atoms with Gasteiger partial charge < -0.3 is 16.4 Å². The number of likely N-dealkylation sites (tertiary alicyclic amines) is 1. The number of carbonyl (C=O) groups is 2. The number of hydrogen-bond donors (Lipinski definition) is 2. The zero-order chi connectivity index (χ0) is 15.6. The van der Waals surface area contributed by atoms with E-state index in [1.54, 1.807) is 18.7 Å². The lowest BCUT2D eigenvalue weighted by atomic mass is 10.1. The van der Waals surface area contributed by atoms with Crippen molar-refractivity contribution in [3.05, 3.63) is 23.3 Å². The normalized spacial score (nSPS) is 21.6. The van der Waals surface area contributed by atoms with Gasteiger partial charge in [-0.1, -0.05) is 0 Å². The predicted octanol–water partition coefficient (Wildman–Crippen LogP) is -0.0993. The van der Waals surface area contributed by atoms with Crippen molar-refractivity contribution < 1.29 is 9.59 Å². The standard InChI is InChI=1S/C14H21N5O2/c1-8-12(7-17-9(2)18-8)14(21)19-10(5-13(16)20)3-4-11(19)6-15/h7,10-11H,3-6,15H2,1-2H3,(H2,16,20)/t10-,11+/m0/s1. The summed E-state index contributed by atoms with van der Waals surface area (Å²) in [6, 6.07) is -0.258. The predicted molar refractivity (Wildman–Crippen MR) is 77.4 cm³/mol. The first-order valence-corrected chi connectivity index (χ1v) is 7.05. The van der Waals surface area contributed by atoms with Gasteiger partial charge in [0, 0.05) is 31.2 Å². The molecule has 0 radical (unpaired) electrons. The molecule has 0 saturated carbocycles. The fourth-order valence-corrected chi connectivity index (χ4v) is 2.89. The Hall–Kier alpha value is -2.02. The minimum Gasteiger partial charge on any atom is -0.370 e. The second-order valence-electron chi connectivity index (χ2n) is 5.42. The van der Waals surface area contributed by atoms with Crippen molar-refractivity contribution in [3.8, 4) is 0 Å². The lowest BCUT2D eigenvalue weighted by molar-refractivity contribution is -0.118. The Bertz CT molecular complexity index is 560. The van der Waals surface area contributed by atoms with E-state index >= 15 is 0 Å². The average molecular weight is 291 g/mol. The van der Waals surface area contributed by atoms with Gasteiger partial charge in [0.15, 0.2) is 0 Å². The summed E-state index contributed by atoms with van der Waals surface area (Å²) < 4.78 is 0. The highest BCUT2D eigenvalue weighted by Crippen LogP contribution is 2.28. The smallest absolute Gasteiger partial charge is 0.257 e. The summed E-state index contributed by atoms with van der Waals surface area (Å²) in [7, 11) is 0. The first kappa shape index (κ1) is 15.4. The quantitative estimate of drug-likeness (QED) is 0.803. The van der Waals surface area contributed by atoms with Crippen LogP contribution in [0, 0.1) is 13.8 Å². The zero-order valence-corrected chi connectivity index (χ0v) is 12.4. The highest BCUT2D eigenvalue weighted by molar-refractivity contribution is 5.95. The van der Waals surface area contributed by atoms with Crippen LogP contribution in [0.5, 0.6) is 0 Å². The first-order valence-electron chi connectivity index (χ1n) is 7.05. The highest BCUT2D eigenvalue weighted by Gasteiger charge is 2.37. The van der Waals surface area contributed by atoms with Gasteiger partial charge in [-0.05, 0) is 26.7 Å². The maximum Gasteiger partial charge on any atom is 0.257 e. The molecule has 7 nitrogen and oxygen atoms in total. The maximum atomic E-state index is 12.8. The van der Waals surface area contributed by atoms with E-state index in [9.17, 15) is 9.59 Å². The summed E-state index contributed by atoms with van der Waals surface area (Å²) in [5, 5.41) is 0. The number of nitrogens with zero attached hydrogens (tertiary/aromatic N) is 3. The lowest BCUT2D eigenvalue weighted by Crippen LogP contribution is -2.46. The van der Waals surface area contributed by atoms with E-state index in [0.29, 0.717) is 23.6 Å². The molecule has 0 aliphatic carbocycles. The SMILES string of the molecule is Cc1ncc(C(=O)N2[C@@H](CN)CC[C@H]2CC(N)=O)c(C)n1. The molecular weight excluding hydrogens is 270 g/mol. The molecule has 7 heteroatoms. The van der Waals surface area contributed by atoms with E-state index in [1.165, 1.54) is 6.20 Å². The van der Waals surface area contributed by atoms with Crippen molar-refractivity contribution >= 4 is 11.8 Å². The zero-order valence-electron chi connectivity index (χ0n) is 12.4. The fraction of sp³-hybridized carbons (Fsp3) is 0.571. The van der Waals surface area contributed by atoms with Crippen LogP contribution in [0.4, 0.5) is 0 Å². The van der Waals surface area contributed by atoms with Crippen molar-refractivity contribution in [2.75, 3.05) is 6.54 Å². The molecule has 2 atom stereocenters. The van der Waals surface area contributed by atoms with E-state index in [0.717, 1.165) is 12.8 Å². The molecule has 1 saturated heterocycles. The molecule has 1 aromatic rings. The Morgan fingerprint density at radius 2 is 2.00 bits per heavy atom. The second-order valence-corrected chi connectivity index (χ2v) is 5.42. The molecule has 1 aromatic heterocycles. The summed E-state index contributed by atoms with van der Waals surface area (Å²) in [6.45, 7) is 3.92. The molecule has 2 amide bonds. The second kappa shape index (κ2) is 6.17. The van der Waals surface area contributed by atoms with Crippen LogP contribution in [-0.4, -0.2) is 45.3 Å². The van der Waals surface area contributed by atoms with Crippen molar-refractivity contribution in [2.24, 2.45) is 11.5 Å². The number of nitrogens with two attached hydrogens (primary N) is 2. The monoisotopic (exact) mass is 291 g/mol. The lowest BCUT2D eigenvalue weighted by Gasteiger charge is -2.29. The number of rotatable bonds is 4. The molecule has 1 fully saturated rings. The molecule has 1 aliphatic rings. The van der Waals surface area contributed by atoms with Crippen LogP contribution in [0.3, 0.4) is 0 Å². The van der Waals surface area contributed by atoms with Crippen molar-refractivity contribution in [3.63, 3.8) is 0 Å². The van der Waals surface area contributed by atoms with Crippen molar-refractivity contribution in [2.45, 2.75) is 45.2 Å². The first-order chi connectivity index (χ1) is 9.93. The minimum atomic E-state index is -0.410. The topological polar surface area (TPSA) is 115 Å². The van der Waals surface area contributed by atoms with Crippen molar-refractivity contribution in [1.82, 2.24) is 14.9 Å². The summed E-state index contributed by atoms with van der Waals surface area (Å²) in [5.41, 5.74) is 12.1. The Morgan fingerprint density at radius 1 is 1.33 bits per heavy atom. The highest BCUT2D eigenvalue weighted by atomic mass is 16.2.